The quantitative estimate of drug-likeness (QED) is 0.340. The average molecular weight is 467 g/mol. The number of hydrogen-bond acceptors (Lipinski definition) is 5. The average Bonchev–Trinajstić information content (AvgIpc) is 3.37. The number of aliphatic hydroxyl groups is 1. The first-order valence-electron chi connectivity index (χ1n) is 9.46. The lowest BCUT2D eigenvalue weighted by Gasteiger charge is -2.25. The van der Waals surface area contributed by atoms with E-state index in [1.54, 1.807) is 61.3 Å². The number of nitrogens with zero attached hydrogens (tertiary/aromatic N) is 4. The summed E-state index contributed by atoms with van der Waals surface area (Å²) in [5, 5.41) is 11.0. The summed E-state index contributed by atoms with van der Waals surface area (Å²) >= 11 is 3.36. The molecule has 4 rings (SSSR count). The molecule has 1 fully saturated rings. The second-order valence-electron chi connectivity index (χ2n) is 6.94. The number of halogens is 1. The number of ketones is 1. The van der Waals surface area contributed by atoms with Gasteiger partial charge in [0.25, 0.3) is 11.7 Å². The van der Waals surface area contributed by atoms with E-state index in [-0.39, 0.29) is 11.3 Å². The van der Waals surface area contributed by atoms with Crippen LogP contribution in [-0.4, -0.2) is 42.8 Å². The zero-order valence-corrected chi connectivity index (χ0v) is 17.6. The Morgan fingerprint density at radius 2 is 1.87 bits per heavy atom. The highest BCUT2D eigenvalue weighted by molar-refractivity contribution is 9.10. The Morgan fingerprint density at radius 1 is 1.07 bits per heavy atom. The Balaban J connectivity index is 1.71. The van der Waals surface area contributed by atoms with E-state index in [1.807, 2.05) is 10.8 Å². The van der Waals surface area contributed by atoms with Crippen molar-refractivity contribution >= 4 is 33.4 Å². The van der Waals surface area contributed by atoms with Gasteiger partial charge in [-0.2, -0.15) is 0 Å². The van der Waals surface area contributed by atoms with Crippen molar-refractivity contribution < 1.29 is 14.7 Å². The van der Waals surface area contributed by atoms with E-state index in [0.29, 0.717) is 30.6 Å². The molecule has 3 aromatic rings. The summed E-state index contributed by atoms with van der Waals surface area (Å²) in [6.07, 6.45) is 9.14. The van der Waals surface area contributed by atoms with Crippen LogP contribution in [0.15, 0.2) is 77.6 Å². The van der Waals surface area contributed by atoms with Gasteiger partial charge in [-0.15, -0.1) is 0 Å². The number of hydrogen-bond donors (Lipinski definition) is 1. The first-order valence-corrected chi connectivity index (χ1v) is 10.3. The summed E-state index contributed by atoms with van der Waals surface area (Å²) in [5.74, 6) is -1.49. The van der Waals surface area contributed by atoms with Crippen LogP contribution in [0, 0.1) is 0 Å². The molecule has 3 heterocycles. The number of carbonyl (C=O) groups excluding carboxylic acids is 2. The summed E-state index contributed by atoms with van der Waals surface area (Å²) < 4.78 is 2.76. The molecule has 0 unspecified atom stereocenters. The number of carbonyl (C=O) groups is 2. The monoisotopic (exact) mass is 466 g/mol. The van der Waals surface area contributed by atoms with Gasteiger partial charge in [0.15, 0.2) is 0 Å². The van der Waals surface area contributed by atoms with Gasteiger partial charge < -0.3 is 14.6 Å². The molecular weight excluding hydrogens is 448 g/mol. The number of benzene rings is 1. The van der Waals surface area contributed by atoms with Gasteiger partial charge in [0.1, 0.15) is 5.76 Å². The highest BCUT2D eigenvalue weighted by Gasteiger charge is 2.45. The number of aliphatic hydroxyl groups excluding tert-OH is 1. The fourth-order valence-electron chi connectivity index (χ4n) is 3.60. The molecule has 0 spiro atoms. The minimum Gasteiger partial charge on any atom is -0.507 e. The first-order chi connectivity index (χ1) is 14.6. The molecular formula is C22H19BrN4O3. The SMILES string of the molecule is O=C1C(=O)N(CCCn2ccnc2)[C@H](c2cccnc2)C1=C(O)c1ccc(Br)cc1. The standard InChI is InChI=1S/C22H19BrN4O3/c23-17-6-4-15(5-7-17)20(28)18-19(16-3-1-8-24-13-16)27(22(30)21(18)29)11-2-10-26-12-9-25-14-26/h1,3-9,12-14,19,28H,2,10-11H2/t19-/m1/s1. The third-order valence-corrected chi connectivity index (χ3v) is 5.56. The molecule has 0 radical (unpaired) electrons. The molecule has 2 aromatic heterocycles. The van der Waals surface area contributed by atoms with Crippen molar-refractivity contribution in [2.75, 3.05) is 6.54 Å². The second-order valence-corrected chi connectivity index (χ2v) is 7.86. The molecule has 1 aliphatic rings. The first kappa shape index (κ1) is 20.0. The van der Waals surface area contributed by atoms with Crippen molar-refractivity contribution in [1.29, 1.82) is 0 Å². The van der Waals surface area contributed by atoms with E-state index in [2.05, 4.69) is 25.9 Å². The Morgan fingerprint density at radius 3 is 2.53 bits per heavy atom. The fourth-order valence-corrected chi connectivity index (χ4v) is 3.87. The molecule has 8 heteroatoms. The molecule has 7 nitrogen and oxygen atoms in total. The Bertz CT molecular complexity index is 1080. The van der Waals surface area contributed by atoms with Gasteiger partial charge in [-0.25, -0.2) is 4.98 Å². The largest absolute Gasteiger partial charge is 0.507 e. The maximum atomic E-state index is 12.9. The van der Waals surface area contributed by atoms with Gasteiger partial charge in [0.05, 0.1) is 17.9 Å². The molecule has 1 amide bonds. The minimum absolute atomic E-state index is 0.0814. The van der Waals surface area contributed by atoms with Crippen LogP contribution >= 0.6 is 15.9 Å². The molecule has 152 valence electrons. The maximum absolute atomic E-state index is 12.9. The predicted octanol–water partition coefficient (Wildman–Crippen LogP) is 3.55. The fraction of sp³-hybridized carbons (Fsp3) is 0.182. The molecule has 0 aliphatic carbocycles. The lowest BCUT2D eigenvalue weighted by molar-refractivity contribution is -0.139. The summed E-state index contributed by atoms with van der Waals surface area (Å²) in [4.78, 5) is 35.5. The zero-order valence-electron chi connectivity index (χ0n) is 16.0. The van der Waals surface area contributed by atoms with Crippen LogP contribution in [0.1, 0.15) is 23.6 Å². The molecule has 1 saturated heterocycles. The van der Waals surface area contributed by atoms with Gasteiger partial charge in [0.2, 0.25) is 0 Å². The van der Waals surface area contributed by atoms with Crippen LogP contribution in [0.3, 0.4) is 0 Å². The van der Waals surface area contributed by atoms with Crippen LogP contribution in [0.4, 0.5) is 0 Å². The summed E-state index contributed by atoms with van der Waals surface area (Å²) in [5.41, 5.74) is 1.24. The van der Waals surface area contributed by atoms with Crippen molar-refractivity contribution in [2.45, 2.75) is 19.0 Å². The molecule has 1 aliphatic heterocycles. The molecule has 0 saturated carbocycles. The zero-order chi connectivity index (χ0) is 21.1. The molecule has 1 aromatic carbocycles. The van der Waals surface area contributed by atoms with E-state index in [4.69, 9.17) is 0 Å². The lowest BCUT2D eigenvalue weighted by atomic mass is 9.96. The van der Waals surface area contributed by atoms with Crippen molar-refractivity contribution in [3.05, 3.63) is 88.7 Å². The number of imidazole rings is 1. The third-order valence-electron chi connectivity index (χ3n) is 5.03. The maximum Gasteiger partial charge on any atom is 0.295 e. The number of rotatable bonds is 6. The third kappa shape index (κ3) is 3.91. The Kier molecular flexibility index (Phi) is 5.76. The smallest absolute Gasteiger partial charge is 0.295 e. The lowest BCUT2D eigenvalue weighted by Crippen LogP contribution is -2.31. The van der Waals surface area contributed by atoms with Crippen molar-refractivity contribution in [3.63, 3.8) is 0 Å². The van der Waals surface area contributed by atoms with Gasteiger partial charge in [-0.1, -0.05) is 34.1 Å². The van der Waals surface area contributed by atoms with E-state index in [9.17, 15) is 14.7 Å². The number of likely N-dealkylation sites (tertiary alicyclic amines) is 1. The van der Waals surface area contributed by atoms with Crippen LogP contribution in [0.2, 0.25) is 0 Å². The van der Waals surface area contributed by atoms with Crippen molar-refractivity contribution in [1.82, 2.24) is 19.4 Å². The van der Waals surface area contributed by atoms with Crippen molar-refractivity contribution in [3.8, 4) is 0 Å². The normalized spacial score (nSPS) is 18.2. The number of aryl methyl sites for hydroxylation is 1. The van der Waals surface area contributed by atoms with Crippen LogP contribution < -0.4 is 0 Å². The van der Waals surface area contributed by atoms with E-state index < -0.39 is 17.7 Å². The highest BCUT2D eigenvalue weighted by atomic mass is 79.9. The van der Waals surface area contributed by atoms with Crippen LogP contribution in [-0.2, 0) is 16.1 Å². The number of pyridine rings is 1. The second kappa shape index (κ2) is 8.62. The van der Waals surface area contributed by atoms with Crippen LogP contribution in [0.5, 0.6) is 0 Å². The van der Waals surface area contributed by atoms with E-state index in [0.717, 1.165) is 4.47 Å². The van der Waals surface area contributed by atoms with E-state index in [1.165, 1.54) is 4.90 Å². The predicted molar refractivity (Wildman–Crippen MR) is 114 cm³/mol. The summed E-state index contributed by atoms with van der Waals surface area (Å²) in [7, 11) is 0. The van der Waals surface area contributed by atoms with E-state index >= 15 is 0 Å². The van der Waals surface area contributed by atoms with Crippen LogP contribution in [0.25, 0.3) is 5.76 Å². The van der Waals surface area contributed by atoms with Gasteiger partial charge in [-0.05, 0) is 30.2 Å². The van der Waals surface area contributed by atoms with Gasteiger partial charge >= 0.3 is 0 Å². The molecule has 1 atom stereocenters. The Labute approximate surface area is 181 Å². The van der Waals surface area contributed by atoms with Gasteiger partial charge in [0, 0.05) is 47.9 Å². The van der Waals surface area contributed by atoms with Crippen molar-refractivity contribution in [2.24, 2.45) is 0 Å². The highest BCUT2D eigenvalue weighted by Crippen LogP contribution is 2.39. The summed E-state index contributed by atoms with van der Waals surface area (Å²) in [6, 6.07) is 9.82. The molecule has 30 heavy (non-hydrogen) atoms. The number of aromatic nitrogens is 3. The number of amides is 1. The topological polar surface area (TPSA) is 88.3 Å². The molecule has 1 N–H and O–H groups in total. The summed E-state index contributed by atoms with van der Waals surface area (Å²) in [6.45, 7) is 1.02. The Hall–Kier alpha value is -3.26. The van der Waals surface area contributed by atoms with Gasteiger partial charge in [-0.3, -0.25) is 14.6 Å². The minimum atomic E-state index is -0.690. The molecule has 0 bridgehead atoms. The number of Topliss-reactive ketones (excluding diaryl/α,β-unsaturated/α-hetero) is 1.